The summed E-state index contributed by atoms with van der Waals surface area (Å²) in [6.45, 7) is 2.56. The fourth-order valence-electron chi connectivity index (χ4n) is 1.94. The Labute approximate surface area is 121 Å². The molecule has 3 rings (SSSR count). The van der Waals surface area contributed by atoms with Gasteiger partial charge in [-0.1, -0.05) is 17.3 Å². The van der Waals surface area contributed by atoms with Crippen LogP contribution in [0.1, 0.15) is 23.6 Å². The topological polar surface area (TPSA) is 48.5 Å². The van der Waals surface area contributed by atoms with E-state index < -0.39 is 0 Å². The van der Waals surface area contributed by atoms with Gasteiger partial charge in [0.25, 0.3) is 0 Å². The van der Waals surface area contributed by atoms with Crippen LogP contribution in [0.15, 0.2) is 48.9 Å². The Kier molecular flexibility index (Phi) is 3.52. The van der Waals surface area contributed by atoms with E-state index in [1.165, 1.54) is 0 Å². The minimum atomic E-state index is -0.119. The maximum Gasteiger partial charge on any atom is 0.100 e. The van der Waals surface area contributed by atoms with Crippen LogP contribution >= 0.6 is 11.6 Å². The average molecular weight is 288 g/mol. The molecule has 0 amide bonds. The number of aromatic nitrogens is 5. The number of hydrogen-bond acceptors (Lipinski definition) is 3. The lowest BCUT2D eigenvalue weighted by atomic mass is 10.2. The van der Waals surface area contributed by atoms with Crippen LogP contribution in [0.4, 0.5) is 0 Å². The van der Waals surface area contributed by atoms with Crippen molar-refractivity contribution in [1.29, 1.82) is 0 Å². The highest BCUT2D eigenvalue weighted by atomic mass is 35.5. The Morgan fingerprint density at radius 2 is 2.05 bits per heavy atom. The first kappa shape index (κ1) is 12.9. The summed E-state index contributed by atoms with van der Waals surface area (Å²) >= 11 is 5.97. The normalized spacial score (nSPS) is 12.5. The van der Waals surface area contributed by atoms with Gasteiger partial charge in [-0.3, -0.25) is 0 Å². The molecule has 1 atom stereocenters. The van der Waals surface area contributed by atoms with Crippen molar-refractivity contribution in [2.45, 2.75) is 18.8 Å². The van der Waals surface area contributed by atoms with Gasteiger partial charge in [0.05, 0.1) is 23.8 Å². The number of rotatable bonds is 4. The third kappa shape index (κ3) is 2.72. The molecule has 102 valence electrons. The molecule has 6 heteroatoms. The molecule has 1 aromatic carbocycles. The van der Waals surface area contributed by atoms with Crippen LogP contribution in [0.3, 0.4) is 0 Å². The standard InChI is InChI=1S/C14H14ClN5/c1-11(15)14-10-19(18-17-14)9-12-3-5-13(6-4-12)20-8-2-7-16-20/h2-8,10-11H,9H2,1H3. The first-order valence-corrected chi connectivity index (χ1v) is 6.79. The number of nitrogens with zero attached hydrogens (tertiary/aromatic N) is 5. The molecule has 0 aliphatic heterocycles. The number of hydrogen-bond donors (Lipinski definition) is 0. The third-order valence-corrected chi connectivity index (χ3v) is 3.24. The molecule has 20 heavy (non-hydrogen) atoms. The van der Waals surface area contributed by atoms with Crippen molar-refractivity contribution in [2.24, 2.45) is 0 Å². The van der Waals surface area contributed by atoms with Gasteiger partial charge >= 0.3 is 0 Å². The van der Waals surface area contributed by atoms with Gasteiger partial charge in [-0.05, 0) is 30.7 Å². The summed E-state index contributed by atoms with van der Waals surface area (Å²) in [5.41, 5.74) is 2.98. The average Bonchev–Trinajstić information content (AvgIpc) is 3.10. The molecular weight excluding hydrogens is 274 g/mol. The van der Waals surface area contributed by atoms with Gasteiger partial charge in [0, 0.05) is 12.4 Å². The molecule has 3 aromatic rings. The first-order chi connectivity index (χ1) is 9.72. The van der Waals surface area contributed by atoms with Gasteiger partial charge in [0.2, 0.25) is 0 Å². The van der Waals surface area contributed by atoms with E-state index in [0.29, 0.717) is 6.54 Å². The Morgan fingerprint density at radius 3 is 2.65 bits per heavy atom. The Hall–Kier alpha value is -2.14. The SMILES string of the molecule is CC(Cl)c1cn(Cc2ccc(-n3cccn3)cc2)nn1. The van der Waals surface area contributed by atoms with E-state index in [1.807, 2.05) is 42.2 Å². The largest absolute Gasteiger partial charge is 0.248 e. The molecule has 0 aliphatic rings. The van der Waals surface area contributed by atoms with Gasteiger partial charge in [-0.2, -0.15) is 5.10 Å². The zero-order chi connectivity index (χ0) is 13.9. The van der Waals surface area contributed by atoms with Gasteiger partial charge < -0.3 is 0 Å². The van der Waals surface area contributed by atoms with Crippen LogP contribution in [0, 0.1) is 0 Å². The first-order valence-electron chi connectivity index (χ1n) is 6.35. The van der Waals surface area contributed by atoms with Crippen LogP contribution in [0.2, 0.25) is 0 Å². The molecule has 2 heterocycles. The number of halogens is 1. The van der Waals surface area contributed by atoms with Crippen LogP contribution in [-0.2, 0) is 6.54 Å². The zero-order valence-corrected chi connectivity index (χ0v) is 11.8. The van der Waals surface area contributed by atoms with E-state index in [4.69, 9.17) is 11.6 Å². The van der Waals surface area contributed by atoms with Crippen molar-refractivity contribution in [3.8, 4) is 5.69 Å². The fourth-order valence-corrected chi connectivity index (χ4v) is 2.04. The van der Waals surface area contributed by atoms with Crippen LogP contribution in [0.5, 0.6) is 0 Å². The Bertz CT molecular complexity index is 670. The summed E-state index contributed by atoms with van der Waals surface area (Å²) in [7, 11) is 0. The van der Waals surface area contributed by atoms with Crippen molar-refractivity contribution in [1.82, 2.24) is 24.8 Å². The zero-order valence-electron chi connectivity index (χ0n) is 11.0. The molecule has 0 bridgehead atoms. The van der Waals surface area contributed by atoms with Crippen molar-refractivity contribution >= 4 is 11.6 Å². The highest BCUT2D eigenvalue weighted by Crippen LogP contribution is 2.16. The number of benzene rings is 1. The Balaban J connectivity index is 1.74. The van der Waals surface area contributed by atoms with E-state index >= 15 is 0 Å². The smallest absolute Gasteiger partial charge is 0.100 e. The molecule has 5 nitrogen and oxygen atoms in total. The van der Waals surface area contributed by atoms with Crippen molar-refractivity contribution < 1.29 is 0 Å². The molecule has 0 aliphatic carbocycles. The lowest BCUT2D eigenvalue weighted by Crippen LogP contribution is -2.01. The number of alkyl halides is 1. The highest BCUT2D eigenvalue weighted by molar-refractivity contribution is 6.20. The molecule has 1 unspecified atom stereocenters. The minimum absolute atomic E-state index is 0.119. The lowest BCUT2D eigenvalue weighted by Gasteiger charge is -2.04. The van der Waals surface area contributed by atoms with Gasteiger partial charge in [0.1, 0.15) is 5.69 Å². The van der Waals surface area contributed by atoms with Gasteiger partial charge in [0.15, 0.2) is 0 Å². The summed E-state index contributed by atoms with van der Waals surface area (Å²) in [4.78, 5) is 0. The molecule has 0 N–H and O–H groups in total. The molecule has 0 spiro atoms. The van der Waals surface area contributed by atoms with Crippen LogP contribution in [0.25, 0.3) is 5.69 Å². The predicted octanol–water partition coefficient (Wildman–Crippen LogP) is 2.81. The van der Waals surface area contributed by atoms with Crippen LogP contribution in [-0.4, -0.2) is 24.8 Å². The van der Waals surface area contributed by atoms with E-state index in [0.717, 1.165) is 16.9 Å². The Morgan fingerprint density at radius 1 is 1.25 bits per heavy atom. The summed E-state index contributed by atoms with van der Waals surface area (Å²) in [5.74, 6) is 0. The maximum absolute atomic E-state index is 5.97. The van der Waals surface area contributed by atoms with Gasteiger partial charge in [-0.15, -0.1) is 16.7 Å². The molecule has 0 saturated carbocycles. The second-order valence-corrected chi connectivity index (χ2v) is 5.23. The summed E-state index contributed by atoms with van der Waals surface area (Å²) in [5, 5.41) is 12.2. The molecule has 0 saturated heterocycles. The third-order valence-electron chi connectivity index (χ3n) is 3.01. The summed E-state index contributed by atoms with van der Waals surface area (Å²) in [6.07, 6.45) is 5.55. The van der Waals surface area contributed by atoms with E-state index in [2.05, 4.69) is 27.5 Å². The minimum Gasteiger partial charge on any atom is -0.248 e. The maximum atomic E-state index is 5.97. The second kappa shape index (κ2) is 5.46. The summed E-state index contributed by atoms with van der Waals surface area (Å²) < 4.78 is 3.61. The quantitative estimate of drug-likeness (QED) is 0.693. The lowest BCUT2D eigenvalue weighted by molar-refractivity contribution is 0.649. The van der Waals surface area contributed by atoms with E-state index in [9.17, 15) is 0 Å². The second-order valence-electron chi connectivity index (χ2n) is 4.57. The summed E-state index contributed by atoms with van der Waals surface area (Å²) in [6, 6.07) is 10.1. The molecule has 0 radical (unpaired) electrons. The van der Waals surface area contributed by atoms with Crippen molar-refractivity contribution in [2.75, 3.05) is 0 Å². The van der Waals surface area contributed by atoms with Crippen molar-refractivity contribution in [3.05, 3.63) is 60.2 Å². The fraction of sp³-hybridized carbons (Fsp3) is 0.214. The van der Waals surface area contributed by atoms with E-state index in [1.54, 1.807) is 10.9 Å². The van der Waals surface area contributed by atoms with E-state index in [-0.39, 0.29) is 5.38 Å². The monoisotopic (exact) mass is 287 g/mol. The highest BCUT2D eigenvalue weighted by Gasteiger charge is 2.06. The van der Waals surface area contributed by atoms with Crippen molar-refractivity contribution in [3.63, 3.8) is 0 Å². The molecule has 2 aromatic heterocycles. The molecular formula is C14H14ClN5. The van der Waals surface area contributed by atoms with Crippen LogP contribution < -0.4 is 0 Å². The van der Waals surface area contributed by atoms with Gasteiger partial charge in [-0.25, -0.2) is 9.36 Å². The predicted molar refractivity (Wildman–Crippen MR) is 77.0 cm³/mol. The molecule has 0 fully saturated rings.